The van der Waals surface area contributed by atoms with Gasteiger partial charge in [-0.2, -0.15) is 0 Å². The van der Waals surface area contributed by atoms with Crippen LogP contribution in [0.1, 0.15) is 50.2 Å². The Balaban J connectivity index is 1.77. The van der Waals surface area contributed by atoms with Gasteiger partial charge in [-0.05, 0) is 55.5 Å². The molecule has 1 atom stereocenters. The maximum absolute atomic E-state index is 13.6. The topological polar surface area (TPSA) is 58.2 Å². The van der Waals surface area contributed by atoms with E-state index in [-0.39, 0.29) is 11.7 Å². The molecule has 0 spiro atoms. The van der Waals surface area contributed by atoms with Crippen LogP contribution in [-0.2, 0) is 16.0 Å². The molecule has 0 aromatic heterocycles. The summed E-state index contributed by atoms with van der Waals surface area (Å²) in [4.78, 5) is 26.2. The first kappa shape index (κ1) is 20.1. The molecule has 1 aliphatic heterocycles. The number of Topliss-reactive ketones (excluding diaryl/α,β-unsaturated/α-hetero) is 1. The number of nitrogens with one attached hydrogen (secondary N) is 2. The molecule has 2 N–H and O–H groups in total. The second-order valence-electron chi connectivity index (χ2n) is 7.83. The number of ketones is 1. The molecule has 1 aliphatic carbocycles. The van der Waals surface area contributed by atoms with E-state index in [1.165, 1.54) is 17.7 Å². The number of rotatable bonds is 4. The summed E-state index contributed by atoms with van der Waals surface area (Å²) in [6.07, 6.45) is 3.01. The number of anilines is 1. The number of amides is 1. The van der Waals surface area contributed by atoms with Crippen molar-refractivity contribution in [1.82, 2.24) is 5.32 Å². The monoisotopic (exact) mass is 404 g/mol. The SMILES string of the molecule is CCc1ccc([C@@H]2C(C(=O)Nc3cccc(F)c3)=C(C)NC3=C2C(=O)CCC3)cc1. The van der Waals surface area contributed by atoms with Crippen molar-refractivity contribution in [2.24, 2.45) is 0 Å². The van der Waals surface area contributed by atoms with Crippen LogP contribution in [0.25, 0.3) is 0 Å². The van der Waals surface area contributed by atoms with Crippen molar-refractivity contribution in [3.63, 3.8) is 0 Å². The van der Waals surface area contributed by atoms with Crippen LogP contribution in [0, 0.1) is 5.82 Å². The highest BCUT2D eigenvalue weighted by atomic mass is 19.1. The molecule has 2 aromatic rings. The number of aryl methyl sites for hydroxylation is 1. The molecule has 0 fully saturated rings. The van der Waals surface area contributed by atoms with Crippen molar-refractivity contribution in [3.8, 4) is 0 Å². The van der Waals surface area contributed by atoms with Crippen LogP contribution in [-0.4, -0.2) is 11.7 Å². The predicted octanol–water partition coefficient (Wildman–Crippen LogP) is 4.99. The molecule has 2 aromatic carbocycles. The second kappa shape index (κ2) is 8.27. The molecule has 0 unspecified atom stereocenters. The smallest absolute Gasteiger partial charge is 0.254 e. The average Bonchev–Trinajstić information content (AvgIpc) is 2.73. The summed E-state index contributed by atoms with van der Waals surface area (Å²) in [6, 6.07) is 13.9. The van der Waals surface area contributed by atoms with Gasteiger partial charge in [0.15, 0.2) is 5.78 Å². The molecule has 5 heteroatoms. The van der Waals surface area contributed by atoms with Gasteiger partial charge in [0.1, 0.15) is 5.82 Å². The number of allylic oxidation sites excluding steroid dienone is 3. The van der Waals surface area contributed by atoms with Crippen LogP contribution < -0.4 is 10.6 Å². The fraction of sp³-hybridized carbons (Fsp3) is 0.280. The van der Waals surface area contributed by atoms with Crippen LogP contribution in [0.2, 0.25) is 0 Å². The third-order valence-electron chi connectivity index (χ3n) is 5.82. The highest BCUT2D eigenvalue weighted by molar-refractivity contribution is 6.09. The number of halogens is 1. The number of hydrogen-bond acceptors (Lipinski definition) is 3. The summed E-state index contributed by atoms with van der Waals surface area (Å²) < 4.78 is 13.6. The van der Waals surface area contributed by atoms with Crippen molar-refractivity contribution in [2.45, 2.75) is 45.4 Å². The predicted molar refractivity (Wildman–Crippen MR) is 115 cm³/mol. The Morgan fingerprint density at radius 1 is 1.17 bits per heavy atom. The quantitative estimate of drug-likeness (QED) is 0.754. The van der Waals surface area contributed by atoms with Gasteiger partial charge in [-0.3, -0.25) is 9.59 Å². The molecule has 0 bridgehead atoms. The first-order chi connectivity index (χ1) is 14.5. The van der Waals surface area contributed by atoms with Crippen molar-refractivity contribution in [3.05, 3.63) is 88.0 Å². The molecule has 4 rings (SSSR count). The average molecular weight is 404 g/mol. The molecule has 0 saturated carbocycles. The maximum Gasteiger partial charge on any atom is 0.254 e. The van der Waals surface area contributed by atoms with Crippen molar-refractivity contribution >= 4 is 17.4 Å². The Hall–Kier alpha value is -3.21. The molecule has 2 aliphatic rings. The molecular weight excluding hydrogens is 379 g/mol. The lowest BCUT2D eigenvalue weighted by Crippen LogP contribution is -2.35. The van der Waals surface area contributed by atoms with Crippen molar-refractivity contribution in [1.29, 1.82) is 0 Å². The zero-order valence-corrected chi connectivity index (χ0v) is 17.2. The summed E-state index contributed by atoms with van der Waals surface area (Å²) in [6.45, 7) is 3.95. The summed E-state index contributed by atoms with van der Waals surface area (Å²) in [5, 5.41) is 6.11. The second-order valence-corrected chi connectivity index (χ2v) is 7.83. The number of dihydropyridines is 1. The van der Waals surface area contributed by atoms with Crippen LogP contribution in [0.3, 0.4) is 0 Å². The van der Waals surface area contributed by atoms with Gasteiger partial charge in [0.2, 0.25) is 0 Å². The van der Waals surface area contributed by atoms with E-state index in [0.29, 0.717) is 23.3 Å². The number of carbonyl (C=O) groups is 2. The third kappa shape index (κ3) is 3.80. The minimum absolute atomic E-state index is 0.0804. The summed E-state index contributed by atoms with van der Waals surface area (Å²) in [5.74, 6) is -1.11. The zero-order valence-electron chi connectivity index (χ0n) is 17.2. The van der Waals surface area contributed by atoms with E-state index in [2.05, 4.69) is 17.6 Å². The molecule has 0 saturated heterocycles. The van der Waals surface area contributed by atoms with E-state index in [0.717, 1.165) is 36.2 Å². The van der Waals surface area contributed by atoms with Gasteiger partial charge in [-0.15, -0.1) is 0 Å². The minimum atomic E-state index is -0.437. The molecule has 4 nitrogen and oxygen atoms in total. The van der Waals surface area contributed by atoms with Crippen molar-refractivity contribution < 1.29 is 14.0 Å². The molecular formula is C25H25FN2O2. The van der Waals surface area contributed by atoms with Crippen LogP contribution in [0.15, 0.2) is 71.1 Å². The zero-order chi connectivity index (χ0) is 21.3. The third-order valence-corrected chi connectivity index (χ3v) is 5.82. The van der Waals surface area contributed by atoms with Crippen LogP contribution >= 0.6 is 0 Å². The van der Waals surface area contributed by atoms with E-state index >= 15 is 0 Å². The highest BCUT2D eigenvalue weighted by Crippen LogP contribution is 2.42. The van der Waals surface area contributed by atoms with Gasteiger partial charge in [0, 0.05) is 40.6 Å². The van der Waals surface area contributed by atoms with Gasteiger partial charge in [0.05, 0.1) is 0 Å². The minimum Gasteiger partial charge on any atom is -0.362 e. The molecule has 1 heterocycles. The Morgan fingerprint density at radius 3 is 2.63 bits per heavy atom. The lowest BCUT2D eigenvalue weighted by Gasteiger charge is -2.34. The first-order valence-corrected chi connectivity index (χ1v) is 10.4. The summed E-state index contributed by atoms with van der Waals surface area (Å²) in [7, 11) is 0. The van der Waals surface area contributed by atoms with Gasteiger partial charge in [-0.25, -0.2) is 4.39 Å². The van der Waals surface area contributed by atoms with Gasteiger partial charge >= 0.3 is 0 Å². The number of carbonyl (C=O) groups excluding carboxylic acids is 2. The summed E-state index contributed by atoms with van der Waals surface area (Å²) >= 11 is 0. The van der Waals surface area contributed by atoms with Crippen LogP contribution in [0.5, 0.6) is 0 Å². The molecule has 0 radical (unpaired) electrons. The fourth-order valence-electron chi connectivity index (χ4n) is 4.33. The Kier molecular flexibility index (Phi) is 5.53. The van der Waals surface area contributed by atoms with Gasteiger partial charge < -0.3 is 10.6 Å². The first-order valence-electron chi connectivity index (χ1n) is 10.4. The Labute approximate surface area is 175 Å². The highest BCUT2D eigenvalue weighted by Gasteiger charge is 2.38. The standard InChI is InChI=1S/C25H25FN2O2/c1-3-16-10-12-17(13-11-16)23-22(25(30)28-19-7-4-6-18(26)14-19)15(2)27-20-8-5-9-21(29)24(20)23/h4,6-7,10-14,23,27H,3,5,8-9H2,1-2H3,(H,28,30)/t23-/m1/s1. The number of hydrogen-bond donors (Lipinski definition) is 2. The summed E-state index contributed by atoms with van der Waals surface area (Å²) in [5.41, 5.74) is 5.31. The lowest BCUT2D eigenvalue weighted by molar-refractivity contribution is -0.116. The molecule has 154 valence electrons. The van der Waals surface area contributed by atoms with E-state index < -0.39 is 11.7 Å². The number of benzene rings is 2. The Morgan fingerprint density at radius 2 is 1.93 bits per heavy atom. The van der Waals surface area contributed by atoms with E-state index in [1.807, 2.05) is 31.2 Å². The largest absolute Gasteiger partial charge is 0.362 e. The van der Waals surface area contributed by atoms with Gasteiger partial charge in [0.25, 0.3) is 5.91 Å². The van der Waals surface area contributed by atoms with E-state index in [1.54, 1.807) is 12.1 Å². The van der Waals surface area contributed by atoms with E-state index in [4.69, 9.17) is 0 Å². The van der Waals surface area contributed by atoms with Crippen LogP contribution in [0.4, 0.5) is 10.1 Å². The van der Waals surface area contributed by atoms with Crippen molar-refractivity contribution in [2.75, 3.05) is 5.32 Å². The fourth-order valence-corrected chi connectivity index (χ4v) is 4.33. The molecule has 1 amide bonds. The Bertz CT molecular complexity index is 1070. The normalized spacial score (nSPS) is 18.8. The molecule has 30 heavy (non-hydrogen) atoms. The van der Waals surface area contributed by atoms with E-state index in [9.17, 15) is 14.0 Å². The maximum atomic E-state index is 13.6. The van der Waals surface area contributed by atoms with Gasteiger partial charge in [-0.1, -0.05) is 37.3 Å². The lowest BCUT2D eigenvalue weighted by atomic mass is 9.75.